The monoisotopic (exact) mass is 447 g/mol. The van der Waals surface area contributed by atoms with Crippen molar-refractivity contribution in [3.8, 4) is 11.5 Å². The number of amides is 2. The zero-order valence-corrected chi connectivity index (χ0v) is 17.4. The van der Waals surface area contributed by atoms with Crippen molar-refractivity contribution in [3.05, 3.63) is 52.5 Å². The number of methoxy groups -OCH3 is 1. The van der Waals surface area contributed by atoms with Crippen LogP contribution in [0, 0.1) is 0 Å². The molecule has 2 aromatic rings. The predicted molar refractivity (Wildman–Crippen MR) is 112 cm³/mol. The molecule has 2 aromatic carbocycles. The van der Waals surface area contributed by atoms with Crippen molar-refractivity contribution in [2.45, 2.75) is 26.4 Å². The summed E-state index contributed by atoms with van der Waals surface area (Å²) in [5.41, 5.74) is 3.62. The number of nitrogens with one attached hydrogen (secondary N) is 2. The fraction of sp³-hybridized carbons (Fsp3) is 0.250. The fourth-order valence-corrected chi connectivity index (χ4v) is 2.60. The Bertz CT molecular complexity index is 851. The lowest BCUT2D eigenvalue weighted by atomic mass is 10.2. The lowest BCUT2D eigenvalue weighted by molar-refractivity contribution is -0.126. The Hall–Kier alpha value is -2.87. The molecule has 2 rings (SSSR count). The van der Waals surface area contributed by atoms with E-state index in [4.69, 9.17) is 9.47 Å². The molecular formula is C20H22BrN3O4. The van der Waals surface area contributed by atoms with Gasteiger partial charge in [-0.2, -0.15) is 5.10 Å². The highest BCUT2D eigenvalue weighted by atomic mass is 79.9. The molecule has 0 spiro atoms. The number of anilines is 1. The molecule has 0 aromatic heterocycles. The van der Waals surface area contributed by atoms with Gasteiger partial charge < -0.3 is 14.8 Å². The third kappa shape index (κ3) is 7.03. The summed E-state index contributed by atoms with van der Waals surface area (Å²) >= 11 is 3.39. The summed E-state index contributed by atoms with van der Waals surface area (Å²) in [6.45, 7) is 3.85. The van der Waals surface area contributed by atoms with Crippen LogP contribution in [0.15, 0.2) is 52.0 Å². The molecule has 8 heteroatoms. The van der Waals surface area contributed by atoms with Gasteiger partial charge in [-0.3, -0.25) is 9.59 Å². The van der Waals surface area contributed by atoms with Crippen molar-refractivity contribution < 1.29 is 19.1 Å². The quantitative estimate of drug-likeness (QED) is 0.366. The Kier molecular flexibility index (Phi) is 8.01. The molecule has 2 N–H and O–H groups in total. The normalized spacial score (nSPS) is 10.8. The molecule has 0 aliphatic heterocycles. The number of hydrogen-bond acceptors (Lipinski definition) is 5. The molecule has 0 atom stereocenters. The number of carbonyl (C=O) groups is 2. The van der Waals surface area contributed by atoms with Crippen molar-refractivity contribution in [3.63, 3.8) is 0 Å². The van der Waals surface area contributed by atoms with Crippen LogP contribution in [0.1, 0.15) is 25.8 Å². The summed E-state index contributed by atoms with van der Waals surface area (Å²) < 4.78 is 11.6. The molecule has 0 unspecified atom stereocenters. The molecule has 0 fully saturated rings. The number of halogens is 1. The Morgan fingerprint density at radius 2 is 1.86 bits per heavy atom. The number of ether oxygens (including phenoxy) is 2. The smallest absolute Gasteiger partial charge is 0.249 e. The summed E-state index contributed by atoms with van der Waals surface area (Å²) in [5, 5.41) is 6.55. The van der Waals surface area contributed by atoms with Gasteiger partial charge in [0.2, 0.25) is 11.8 Å². The second-order valence-electron chi connectivity index (χ2n) is 6.10. The van der Waals surface area contributed by atoms with Crippen LogP contribution in [0.2, 0.25) is 0 Å². The molecule has 0 aliphatic rings. The van der Waals surface area contributed by atoms with Crippen molar-refractivity contribution >= 4 is 39.6 Å². The first-order valence-corrected chi connectivity index (χ1v) is 9.38. The molecule has 0 aliphatic carbocycles. The van der Waals surface area contributed by atoms with Crippen molar-refractivity contribution in [2.24, 2.45) is 5.10 Å². The van der Waals surface area contributed by atoms with Gasteiger partial charge in [-0.15, -0.1) is 0 Å². The second-order valence-corrected chi connectivity index (χ2v) is 7.01. The number of hydrazone groups is 1. The Morgan fingerprint density at radius 1 is 1.14 bits per heavy atom. The van der Waals surface area contributed by atoms with Crippen LogP contribution >= 0.6 is 15.9 Å². The first kappa shape index (κ1) is 21.4. The minimum Gasteiger partial charge on any atom is -0.497 e. The predicted octanol–water partition coefficient (Wildman–Crippen LogP) is 3.72. The molecule has 0 radical (unpaired) electrons. The van der Waals surface area contributed by atoms with E-state index in [2.05, 4.69) is 31.8 Å². The van der Waals surface area contributed by atoms with E-state index in [0.717, 1.165) is 4.47 Å². The standard InChI is InChI=1S/C20H22BrN3O4/c1-13(2)28-18-9-4-15(21)10-14(18)12-22-24-20(26)11-19(25)23-16-5-7-17(27-3)8-6-16/h4-10,12-13H,11H2,1-3H3,(H,23,25)(H,24,26). The maximum Gasteiger partial charge on any atom is 0.249 e. The van der Waals surface area contributed by atoms with E-state index in [0.29, 0.717) is 22.7 Å². The van der Waals surface area contributed by atoms with Crippen LogP contribution in [0.3, 0.4) is 0 Å². The number of benzene rings is 2. The maximum absolute atomic E-state index is 11.9. The molecule has 148 valence electrons. The summed E-state index contributed by atoms with van der Waals surface area (Å²) in [6, 6.07) is 12.3. The largest absolute Gasteiger partial charge is 0.497 e. The second kappa shape index (κ2) is 10.5. The van der Waals surface area contributed by atoms with Gasteiger partial charge in [-0.05, 0) is 56.3 Å². The molecule has 2 amide bonds. The minimum absolute atomic E-state index is 0.00423. The van der Waals surface area contributed by atoms with E-state index >= 15 is 0 Å². The summed E-state index contributed by atoms with van der Waals surface area (Å²) in [4.78, 5) is 23.9. The molecule has 0 heterocycles. The highest BCUT2D eigenvalue weighted by Gasteiger charge is 2.10. The SMILES string of the molecule is COc1ccc(NC(=O)CC(=O)NN=Cc2cc(Br)ccc2OC(C)C)cc1. The third-order valence-corrected chi connectivity index (χ3v) is 3.92. The molecule has 7 nitrogen and oxygen atoms in total. The van der Waals surface area contributed by atoms with E-state index in [9.17, 15) is 9.59 Å². The Labute approximate surface area is 172 Å². The summed E-state index contributed by atoms with van der Waals surface area (Å²) in [5.74, 6) is 0.361. The van der Waals surface area contributed by atoms with E-state index < -0.39 is 11.8 Å². The van der Waals surface area contributed by atoms with E-state index in [1.165, 1.54) is 6.21 Å². The van der Waals surface area contributed by atoms with Gasteiger partial charge in [0.1, 0.15) is 17.9 Å². The first-order chi connectivity index (χ1) is 13.4. The topological polar surface area (TPSA) is 89.0 Å². The van der Waals surface area contributed by atoms with E-state index in [1.807, 2.05) is 32.0 Å². The molecule has 0 saturated heterocycles. The average molecular weight is 448 g/mol. The van der Waals surface area contributed by atoms with Gasteiger partial charge in [-0.25, -0.2) is 5.43 Å². The fourth-order valence-electron chi connectivity index (χ4n) is 2.22. The molecular weight excluding hydrogens is 426 g/mol. The van der Waals surface area contributed by atoms with Crippen LogP contribution in [-0.2, 0) is 9.59 Å². The maximum atomic E-state index is 11.9. The van der Waals surface area contributed by atoms with Gasteiger partial charge in [0, 0.05) is 15.7 Å². The van der Waals surface area contributed by atoms with Gasteiger partial charge >= 0.3 is 0 Å². The third-order valence-electron chi connectivity index (χ3n) is 3.42. The zero-order chi connectivity index (χ0) is 20.5. The minimum atomic E-state index is -0.524. The van der Waals surface area contributed by atoms with Crippen LogP contribution in [0.4, 0.5) is 5.69 Å². The van der Waals surface area contributed by atoms with Crippen molar-refractivity contribution in [1.29, 1.82) is 0 Å². The van der Waals surface area contributed by atoms with E-state index in [1.54, 1.807) is 31.4 Å². The molecule has 0 bridgehead atoms. The van der Waals surface area contributed by atoms with Crippen molar-refractivity contribution in [1.82, 2.24) is 5.43 Å². The van der Waals surface area contributed by atoms with Crippen LogP contribution in [0.5, 0.6) is 11.5 Å². The summed E-state index contributed by atoms with van der Waals surface area (Å²) in [7, 11) is 1.56. The zero-order valence-electron chi connectivity index (χ0n) is 15.9. The van der Waals surface area contributed by atoms with Gasteiger partial charge in [0.05, 0.1) is 19.4 Å². The van der Waals surface area contributed by atoms with Gasteiger partial charge in [0.15, 0.2) is 0 Å². The summed E-state index contributed by atoms with van der Waals surface area (Å²) in [6.07, 6.45) is 1.13. The van der Waals surface area contributed by atoms with E-state index in [-0.39, 0.29) is 12.5 Å². The molecule has 0 saturated carbocycles. The Morgan fingerprint density at radius 3 is 2.50 bits per heavy atom. The lowest BCUT2D eigenvalue weighted by Gasteiger charge is -2.12. The average Bonchev–Trinajstić information content (AvgIpc) is 2.64. The Balaban J connectivity index is 1.89. The van der Waals surface area contributed by atoms with Gasteiger partial charge in [0.25, 0.3) is 0 Å². The van der Waals surface area contributed by atoms with Crippen molar-refractivity contribution in [2.75, 3.05) is 12.4 Å². The van der Waals surface area contributed by atoms with Gasteiger partial charge in [-0.1, -0.05) is 15.9 Å². The lowest BCUT2D eigenvalue weighted by Crippen LogP contribution is -2.24. The molecule has 28 heavy (non-hydrogen) atoms. The first-order valence-electron chi connectivity index (χ1n) is 8.59. The number of carbonyl (C=O) groups excluding carboxylic acids is 2. The number of nitrogens with zero attached hydrogens (tertiary/aromatic N) is 1. The number of hydrogen-bond donors (Lipinski definition) is 2. The highest BCUT2D eigenvalue weighted by Crippen LogP contribution is 2.22. The van der Waals surface area contributed by atoms with Crippen LogP contribution < -0.4 is 20.2 Å². The van der Waals surface area contributed by atoms with Crippen LogP contribution in [-0.4, -0.2) is 31.2 Å². The van der Waals surface area contributed by atoms with Crippen LogP contribution in [0.25, 0.3) is 0 Å². The number of rotatable bonds is 8. The highest BCUT2D eigenvalue weighted by molar-refractivity contribution is 9.10.